The van der Waals surface area contributed by atoms with Gasteiger partial charge in [-0.25, -0.2) is 4.99 Å². The fourth-order valence-corrected chi connectivity index (χ4v) is 1.82. The zero-order chi connectivity index (χ0) is 16.5. The highest BCUT2D eigenvalue weighted by Gasteiger charge is 2.13. The summed E-state index contributed by atoms with van der Waals surface area (Å²) in [4.78, 5) is 16.1. The van der Waals surface area contributed by atoms with Crippen LogP contribution in [-0.2, 0) is 4.79 Å². The quantitative estimate of drug-likeness (QED) is 0.333. The van der Waals surface area contributed by atoms with E-state index >= 15 is 0 Å². The minimum Gasteiger partial charge on any atom is -0.357 e. The van der Waals surface area contributed by atoms with Crippen LogP contribution >= 0.6 is 24.0 Å². The van der Waals surface area contributed by atoms with Gasteiger partial charge in [0.1, 0.15) is 6.54 Å². The minimum absolute atomic E-state index is 0. The molecule has 0 aliphatic rings. The van der Waals surface area contributed by atoms with Crippen LogP contribution in [0, 0.1) is 5.92 Å². The molecule has 0 aromatic carbocycles. The van der Waals surface area contributed by atoms with E-state index in [9.17, 15) is 4.79 Å². The molecule has 6 heteroatoms. The lowest BCUT2D eigenvalue weighted by molar-refractivity contribution is -0.121. The summed E-state index contributed by atoms with van der Waals surface area (Å²) in [5, 5.41) is 9.44. The average molecular weight is 426 g/mol. The van der Waals surface area contributed by atoms with Crippen molar-refractivity contribution in [3.05, 3.63) is 0 Å². The number of halogens is 1. The van der Waals surface area contributed by atoms with Crippen LogP contribution in [0.5, 0.6) is 0 Å². The largest absolute Gasteiger partial charge is 0.357 e. The number of nitrogens with zero attached hydrogens (tertiary/aromatic N) is 1. The van der Waals surface area contributed by atoms with Gasteiger partial charge in [0, 0.05) is 18.1 Å². The lowest BCUT2D eigenvalue weighted by Crippen LogP contribution is -2.44. The number of hydrogen-bond donors (Lipinski definition) is 3. The summed E-state index contributed by atoms with van der Waals surface area (Å²) in [6.45, 7) is 15.4. The second kappa shape index (κ2) is 12.0. The molecule has 0 bridgehead atoms. The zero-order valence-corrected chi connectivity index (χ0v) is 17.6. The molecule has 0 saturated carbocycles. The van der Waals surface area contributed by atoms with Crippen LogP contribution in [0.4, 0.5) is 0 Å². The van der Waals surface area contributed by atoms with E-state index in [1.54, 1.807) is 0 Å². The van der Waals surface area contributed by atoms with Crippen molar-refractivity contribution in [1.29, 1.82) is 0 Å². The van der Waals surface area contributed by atoms with Crippen molar-refractivity contribution in [1.82, 2.24) is 16.0 Å². The third-order valence-corrected chi connectivity index (χ3v) is 2.80. The lowest BCUT2D eigenvalue weighted by Gasteiger charge is -2.21. The van der Waals surface area contributed by atoms with E-state index in [1.165, 1.54) is 6.42 Å². The van der Waals surface area contributed by atoms with Gasteiger partial charge in [0.05, 0.1) is 0 Å². The summed E-state index contributed by atoms with van der Waals surface area (Å²) < 4.78 is 0. The molecule has 0 saturated heterocycles. The fraction of sp³-hybridized carbons (Fsp3) is 0.875. The highest BCUT2D eigenvalue weighted by atomic mass is 127. The molecule has 0 aromatic heterocycles. The fourth-order valence-electron chi connectivity index (χ4n) is 1.82. The molecule has 1 atom stereocenters. The van der Waals surface area contributed by atoms with Gasteiger partial charge < -0.3 is 16.0 Å². The molecule has 0 rings (SSSR count). The molecule has 0 heterocycles. The van der Waals surface area contributed by atoms with Crippen LogP contribution in [0.25, 0.3) is 0 Å². The maximum Gasteiger partial charge on any atom is 0.242 e. The number of hydrogen-bond acceptors (Lipinski definition) is 2. The Kier molecular flexibility index (Phi) is 12.9. The van der Waals surface area contributed by atoms with E-state index in [-0.39, 0.29) is 42.0 Å². The molecular formula is C16H35IN4O. The summed E-state index contributed by atoms with van der Waals surface area (Å²) in [6, 6.07) is 0.343. The summed E-state index contributed by atoms with van der Waals surface area (Å²) in [5.74, 6) is 1.35. The summed E-state index contributed by atoms with van der Waals surface area (Å²) in [6.07, 6.45) is 2.27. The van der Waals surface area contributed by atoms with Gasteiger partial charge in [-0.15, -0.1) is 24.0 Å². The monoisotopic (exact) mass is 426 g/mol. The van der Waals surface area contributed by atoms with Crippen LogP contribution in [0.3, 0.4) is 0 Å². The third-order valence-electron chi connectivity index (χ3n) is 2.80. The predicted octanol–water partition coefficient (Wildman–Crippen LogP) is 2.90. The van der Waals surface area contributed by atoms with Gasteiger partial charge in [0.2, 0.25) is 5.91 Å². The smallest absolute Gasteiger partial charge is 0.242 e. The third kappa shape index (κ3) is 14.4. The zero-order valence-electron chi connectivity index (χ0n) is 15.2. The topological polar surface area (TPSA) is 65.5 Å². The molecule has 0 aliphatic heterocycles. The van der Waals surface area contributed by atoms with Crippen molar-refractivity contribution in [3.8, 4) is 0 Å². The molecule has 0 aliphatic carbocycles. The van der Waals surface area contributed by atoms with Crippen molar-refractivity contribution >= 4 is 35.8 Å². The van der Waals surface area contributed by atoms with E-state index in [2.05, 4.69) is 41.7 Å². The van der Waals surface area contributed by atoms with E-state index in [4.69, 9.17) is 0 Å². The molecule has 0 spiro atoms. The van der Waals surface area contributed by atoms with Gasteiger partial charge >= 0.3 is 0 Å². The first-order valence-electron chi connectivity index (χ1n) is 8.00. The van der Waals surface area contributed by atoms with E-state index in [0.29, 0.717) is 17.9 Å². The van der Waals surface area contributed by atoms with E-state index in [1.807, 2.05) is 27.7 Å². The first-order valence-corrected chi connectivity index (χ1v) is 8.00. The van der Waals surface area contributed by atoms with Crippen molar-refractivity contribution < 1.29 is 4.79 Å². The highest BCUT2D eigenvalue weighted by Crippen LogP contribution is 2.06. The van der Waals surface area contributed by atoms with Gasteiger partial charge in [-0.1, -0.05) is 13.8 Å². The first-order chi connectivity index (χ1) is 9.64. The second-order valence-corrected chi connectivity index (χ2v) is 7.01. The maximum atomic E-state index is 11.8. The molecule has 22 heavy (non-hydrogen) atoms. The van der Waals surface area contributed by atoms with Gasteiger partial charge in [-0.05, 0) is 53.4 Å². The number of rotatable bonds is 7. The van der Waals surface area contributed by atoms with Crippen molar-refractivity contribution in [2.45, 2.75) is 72.9 Å². The highest BCUT2D eigenvalue weighted by molar-refractivity contribution is 14.0. The molecule has 0 aromatic rings. The predicted molar refractivity (Wildman–Crippen MR) is 106 cm³/mol. The molecule has 0 fully saturated rings. The molecule has 1 unspecified atom stereocenters. The molecule has 132 valence electrons. The number of guanidine groups is 1. The Labute approximate surface area is 153 Å². The van der Waals surface area contributed by atoms with Crippen LogP contribution in [-0.4, -0.2) is 36.5 Å². The average Bonchev–Trinajstić information content (AvgIpc) is 2.31. The maximum absolute atomic E-state index is 11.8. The molecule has 1 amide bonds. The van der Waals surface area contributed by atoms with Gasteiger partial charge in [-0.3, -0.25) is 4.79 Å². The standard InChI is InChI=1S/C16H34N4O.HI/c1-8-17-15(19-13(4)10-9-12(2)3)18-11-14(21)20-16(5,6)7;/h12-13H,8-11H2,1-7H3,(H,20,21)(H2,17,18,19);1H. The Bertz CT molecular complexity index is 338. The Morgan fingerprint density at radius 2 is 1.73 bits per heavy atom. The Morgan fingerprint density at radius 1 is 1.14 bits per heavy atom. The molecular weight excluding hydrogens is 391 g/mol. The van der Waals surface area contributed by atoms with Crippen LogP contribution < -0.4 is 16.0 Å². The van der Waals surface area contributed by atoms with E-state index < -0.39 is 0 Å². The lowest BCUT2D eigenvalue weighted by atomic mass is 10.0. The van der Waals surface area contributed by atoms with Crippen LogP contribution in [0.15, 0.2) is 4.99 Å². The Hall–Kier alpha value is -0.530. The van der Waals surface area contributed by atoms with Gasteiger partial charge in [-0.2, -0.15) is 0 Å². The summed E-state index contributed by atoms with van der Waals surface area (Å²) in [5.41, 5.74) is -0.219. The Morgan fingerprint density at radius 3 is 2.18 bits per heavy atom. The molecule has 3 N–H and O–H groups in total. The number of nitrogens with one attached hydrogen (secondary N) is 3. The second-order valence-electron chi connectivity index (χ2n) is 7.01. The molecule has 5 nitrogen and oxygen atoms in total. The Balaban J connectivity index is 0. The van der Waals surface area contributed by atoms with E-state index in [0.717, 1.165) is 13.0 Å². The number of carbonyl (C=O) groups is 1. The number of carbonyl (C=O) groups excluding carboxylic acids is 1. The first kappa shape index (κ1) is 23.7. The summed E-state index contributed by atoms with van der Waals surface area (Å²) >= 11 is 0. The van der Waals surface area contributed by atoms with Gasteiger partial charge in [0.15, 0.2) is 5.96 Å². The van der Waals surface area contributed by atoms with Crippen molar-refractivity contribution in [2.24, 2.45) is 10.9 Å². The van der Waals surface area contributed by atoms with Crippen molar-refractivity contribution in [3.63, 3.8) is 0 Å². The summed E-state index contributed by atoms with van der Waals surface area (Å²) in [7, 11) is 0. The SMILES string of the molecule is CCNC(=NCC(=O)NC(C)(C)C)NC(C)CCC(C)C.I. The number of amides is 1. The van der Waals surface area contributed by atoms with Crippen LogP contribution in [0.2, 0.25) is 0 Å². The van der Waals surface area contributed by atoms with Crippen molar-refractivity contribution in [2.75, 3.05) is 13.1 Å². The normalized spacial score (nSPS) is 13.4. The number of aliphatic imine (C=N–C) groups is 1. The van der Waals surface area contributed by atoms with Gasteiger partial charge in [0.25, 0.3) is 0 Å². The molecule has 0 radical (unpaired) electrons. The van der Waals surface area contributed by atoms with Crippen LogP contribution in [0.1, 0.15) is 61.3 Å². The minimum atomic E-state index is -0.219.